The van der Waals surface area contributed by atoms with E-state index >= 15 is 0 Å². The second-order valence-corrected chi connectivity index (χ2v) is 3.98. The molecular formula is C11H12N2O2. The molecule has 2 rings (SSSR count). The van der Waals surface area contributed by atoms with Gasteiger partial charge < -0.3 is 15.9 Å². The molecule has 0 heterocycles. The van der Waals surface area contributed by atoms with Gasteiger partial charge in [-0.3, -0.25) is 0 Å². The fourth-order valence-corrected chi connectivity index (χ4v) is 1.83. The van der Waals surface area contributed by atoms with E-state index in [1.165, 1.54) is 12.1 Å². The van der Waals surface area contributed by atoms with Crippen LogP contribution in [0.5, 0.6) is 11.5 Å². The van der Waals surface area contributed by atoms with Gasteiger partial charge in [0.1, 0.15) is 17.6 Å². The molecule has 0 amide bonds. The minimum absolute atomic E-state index is 0.0226. The summed E-state index contributed by atoms with van der Waals surface area (Å²) in [6.07, 6.45) is 1.85. The van der Waals surface area contributed by atoms with Gasteiger partial charge in [-0.15, -0.1) is 0 Å². The Hall–Kier alpha value is -1.73. The van der Waals surface area contributed by atoms with Crippen LogP contribution in [0.4, 0.5) is 0 Å². The van der Waals surface area contributed by atoms with Crippen LogP contribution in [0, 0.1) is 11.3 Å². The maximum Gasteiger partial charge on any atom is 0.137 e. The van der Waals surface area contributed by atoms with Crippen molar-refractivity contribution in [3.8, 4) is 17.6 Å². The molecule has 0 aliphatic heterocycles. The molecule has 4 nitrogen and oxygen atoms in total. The van der Waals surface area contributed by atoms with Gasteiger partial charge in [0, 0.05) is 23.6 Å². The van der Waals surface area contributed by atoms with Crippen molar-refractivity contribution in [3.63, 3.8) is 0 Å². The fraction of sp³-hybridized carbons (Fsp3) is 0.364. The van der Waals surface area contributed by atoms with Crippen molar-refractivity contribution in [1.29, 1.82) is 5.26 Å². The standard InChI is InChI=1S/C11H12N2O2/c12-5-7-3-8(10(15)4-9(7)14)11(6-13)1-2-11/h3-4,14-15H,1-2,6,13H2. The minimum Gasteiger partial charge on any atom is -0.508 e. The zero-order valence-corrected chi connectivity index (χ0v) is 8.20. The quantitative estimate of drug-likeness (QED) is 0.669. The topological polar surface area (TPSA) is 90.3 Å². The number of hydrogen-bond donors (Lipinski definition) is 3. The monoisotopic (exact) mass is 204 g/mol. The van der Waals surface area contributed by atoms with Crippen LogP contribution >= 0.6 is 0 Å². The first-order valence-electron chi connectivity index (χ1n) is 4.79. The molecule has 78 valence electrons. The Labute approximate surface area is 87.6 Å². The molecule has 1 aromatic carbocycles. The van der Waals surface area contributed by atoms with Gasteiger partial charge in [0.05, 0.1) is 5.56 Å². The predicted octanol–water partition coefficient (Wildman–Crippen LogP) is 0.960. The number of nitriles is 1. The van der Waals surface area contributed by atoms with E-state index < -0.39 is 0 Å². The van der Waals surface area contributed by atoms with E-state index in [0.29, 0.717) is 12.1 Å². The van der Waals surface area contributed by atoms with Gasteiger partial charge in [0.15, 0.2) is 0 Å². The highest BCUT2D eigenvalue weighted by atomic mass is 16.3. The van der Waals surface area contributed by atoms with Gasteiger partial charge in [-0.05, 0) is 18.9 Å². The lowest BCUT2D eigenvalue weighted by atomic mass is 9.93. The maximum absolute atomic E-state index is 9.69. The summed E-state index contributed by atoms with van der Waals surface area (Å²) in [5.74, 6) is -0.166. The highest BCUT2D eigenvalue weighted by molar-refractivity contribution is 5.54. The minimum atomic E-state index is -0.188. The summed E-state index contributed by atoms with van der Waals surface area (Å²) in [6, 6.07) is 4.63. The van der Waals surface area contributed by atoms with Crippen LogP contribution in [-0.2, 0) is 5.41 Å². The van der Waals surface area contributed by atoms with E-state index in [2.05, 4.69) is 0 Å². The van der Waals surface area contributed by atoms with E-state index in [1.54, 1.807) is 0 Å². The number of phenolic OH excluding ortho intramolecular Hbond substituents is 2. The van der Waals surface area contributed by atoms with Crippen molar-refractivity contribution in [2.75, 3.05) is 6.54 Å². The number of hydrogen-bond acceptors (Lipinski definition) is 4. The van der Waals surface area contributed by atoms with Crippen molar-refractivity contribution in [3.05, 3.63) is 23.3 Å². The maximum atomic E-state index is 9.69. The Kier molecular flexibility index (Phi) is 2.06. The number of nitrogens with zero attached hydrogens (tertiary/aromatic N) is 1. The largest absolute Gasteiger partial charge is 0.508 e. The average Bonchev–Trinajstić information content (AvgIpc) is 2.99. The molecule has 15 heavy (non-hydrogen) atoms. The second-order valence-electron chi connectivity index (χ2n) is 3.98. The average molecular weight is 204 g/mol. The van der Waals surface area contributed by atoms with Gasteiger partial charge in [-0.2, -0.15) is 5.26 Å². The Morgan fingerprint density at radius 3 is 2.47 bits per heavy atom. The summed E-state index contributed by atoms with van der Waals surface area (Å²) >= 11 is 0. The molecular weight excluding hydrogens is 192 g/mol. The van der Waals surface area contributed by atoms with E-state index in [-0.39, 0.29) is 22.5 Å². The molecule has 1 aliphatic rings. The molecule has 4 heteroatoms. The Morgan fingerprint density at radius 1 is 1.33 bits per heavy atom. The highest BCUT2D eigenvalue weighted by Gasteiger charge is 2.45. The molecule has 0 unspecified atom stereocenters. The highest BCUT2D eigenvalue weighted by Crippen LogP contribution is 2.51. The number of phenols is 2. The molecule has 1 saturated carbocycles. The summed E-state index contributed by atoms with van der Waals surface area (Å²) in [6.45, 7) is 0.455. The third-order valence-electron chi connectivity index (χ3n) is 3.05. The molecule has 0 spiro atoms. The van der Waals surface area contributed by atoms with Crippen molar-refractivity contribution >= 4 is 0 Å². The van der Waals surface area contributed by atoms with Crippen molar-refractivity contribution in [1.82, 2.24) is 0 Å². The van der Waals surface area contributed by atoms with Crippen LogP contribution in [0.15, 0.2) is 12.1 Å². The van der Waals surface area contributed by atoms with Crippen LogP contribution < -0.4 is 5.73 Å². The van der Waals surface area contributed by atoms with Gasteiger partial charge in [0.2, 0.25) is 0 Å². The van der Waals surface area contributed by atoms with E-state index in [4.69, 9.17) is 11.0 Å². The molecule has 1 fully saturated rings. The van der Waals surface area contributed by atoms with Gasteiger partial charge in [-0.1, -0.05) is 0 Å². The molecule has 1 aromatic rings. The Morgan fingerprint density at radius 2 is 2.00 bits per heavy atom. The van der Waals surface area contributed by atoms with Crippen LogP contribution in [0.25, 0.3) is 0 Å². The SMILES string of the molecule is N#Cc1cc(C2(CN)CC2)c(O)cc1O. The molecule has 1 aliphatic carbocycles. The summed E-state index contributed by atoms with van der Waals surface area (Å²) < 4.78 is 0. The zero-order chi connectivity index (χ0) is 11.1. The molecule has 0 aromatic heterocycles. The summed E-state index contributed by atoms with van der Waals surface area (Å²) in [7, 11) is 0. The normalized spacial score (nSPS) is 17.1. The Balaban J connectivity index is 2.54. The van der Waals surface area contributed by atoms with Crippen LogP contribution in [-0.4, -0.2) is 16.8 Å². The first-order valence-corrected chi connectivity index (χ1v) is 4.79. The molecule has 0 bridgehead atoms. The lowest BCUT2D eigenvalue weighted by molar-refractivity contribution is 0.439. The third kappa shape index (κ3) is 1.41. The summed E-state index contributed by atoms with van der Waals surface area (Å²) in [5, 5.41) is 27.8. The molecule has 4 N–H and O–H groups in total. The lowest BCUT2D eigenvalue weighted by Crippen LogP contribution is -2.19. The number of nitrogens with two attached hydrogens (primary N) is 1. The lowest BCUT2D eigenvalue weighted by Gasteiger charge is -2.15. The van der Waals surface area contributed by atoms with Crippen LogP contribution in [0.1, 0.15) is 24.0 Å². The first-order chi connectivity index (χ1) is 7.13. The fourth-order valence-electron chi connectivity index (χ4n) is 1.83. The molecule has 0 saturated heterocycles. The Bertz CT molecular complexity index is 445. The summed E-state index contributed by atoms with van der Waals surface area (Å²) in [4.78, 5) is 0. The van der Waals surface area contributed by atoms with Crippen LogP contribution in [0.3, 0.4) is 0 Å². The van der Waals surface area contributed by atoms with Gasteiger partial charge in [-0.25, -0.2) is 0 Å². The number of aromatic hydroxyl groups is 2. The van der Waals surface area contributed by atoms with Crippen molar-refractivity contribution < 1.29 is 10.2 Å². The smallest absolute Gasteiger partial charge is 0.137 e. The second kappa shape index (κ2) is 3.14. The number of rotatable bonds is 2. The first kappa shape index (κ1) is 9.81. The van der Waals surface area contributed by atoms with E-state index in [9.17, 15) is 10.2 Å². The zero-order valence-electron chi connectivity index (χ0n) is 8.20. The summed E-state index contributed by atoms with van der Waals surface area (Å²) in [5.41, 5.74) is 6.33. The van der Waals surface area contributed by atoms with Gasteiger partial charge in [0.25, 0.3) is 0 Å². The van der Waals surface area contributed by atoms with E-state index in [1.807, 2.05) is 6.07 Å². The molecule has 0 radical (unpaired) electrons. The third-order valence-corrected chi connectivity index (χ3v) is 3.05. The predicted molar refractivity (Wildman–Crippen MR) is 54.5 cm³/mol. The molecule has 0 atom stereocenters. The van der Waals surface area contributed by atoms with Crippen molar-refractivity contribution in [2.45, 2.75) is 18.3 Å². The van der Waals surface area contributed by atoms with Crippen LogP contribution in [0.2, 0.25) is 0 Å². The number of benzene rings is 1. The van der Waals surface area contributed by atoms with Gasteiger partial charge >= 0.3 is 0 Å². The van der Waals surface area contributed by atoms with E-state index in [0.717, 1.165) is 12.8 Å². The van der Waals surface area contributed by atoms with Crippen molar-refractivity contribution in [2.24, 2.45) is 5.73 Å².